The molecule has 0 aromatic heterocycles. The van der Waals surface area contributed by atoms with Gasteiger partial charge in [0.05, 0.1) is 16.8 Å². The maximum Gasteiger partial charge on any atom is 0.266 e. The second-order valence-electron chi connectivity index (χ2n) is 8.75. The van der Waals surface area contributed by atoms with Crippen LogP contribution in [0.25, 0.3) is 0 Å². The first-order valence-electron chi connectivity index (χ1n) is 11.0. The Kier molecular flexibility index (Phi) is 4.69. The number of carbonyl (C=O) groups is 3. The lowest BCUT2D eigenvalue weighted by atomic mass is 9.78. The SMILES string of the molecule is Cc1ccccc1N1C(=O)c2ccc(C(=O)N3CCC[C@H]4CCCC[C@@H]43)cc2C1=O. The van der Waals surface area contributed by atoms with E-state index in [4.69, 9.17) is 0 Å². The summed E-state index contributed by atoms with van der Waals surface area (Å²) < 4.78 is 0. The van der Waals surface area contributed by atoms with Gasteiger partial charge in [-0.3, -0.25) is 14.4 Å². The van der Waals surface area contributed by atoms with Crippen LogP contribution in [-0.4, -0.2) is 35.2 Å². The quantitative estimate of drug-likeness (QED) is 0.691. The maximum absolute atomic E-state index is 13.4. The van der Waals surface area contributed by atoms with E-state index in [-0.39, 0.29) is 17.7 Å². The topological polar surface area (TPSA) is 57.7 Å². The summed E-state index contributed by atoms with van der Waals surface area (Å²) in [6, 6.07) is 12.6. The second-order valence-corrected chi connectivity index (χ2v) is 8.75. The number of rotatable bonds is 2. The van der Waals surface area contributed by atoms with Gasteiger partial charge in [-0.2, -0.15) is 0 Å². The van der Waals surface area contributed by atoms with Gasteiger partial charge in [0.15, 0.2) is 0 Å². The molecule has 0 radical (unpaired) electrons. The van der Waals surface area contributed by atoms with Crippen LogP contribution < -0.4 is 4.90 Å². The van der Waals surface area contributed by atoms with Crippen molar-refractivity contribution >= 4 is 23.4 Å². The van der Waals surface area contributed by atoms with Crippen molar-refractivity contribution in [3.8, 4) is 0 Å². The van der Waals surface area contributed by atoms with Crippen LogP contribution >= 0.6 is 0 Å². The van der Waals surface area contributed by atoms with E-state index in [0.717, 1.165) is 24.9 Å². The highest BCUT2D eigenvalue weighted by Crippen LogP contribution is 2.37. The van der Waals surface area contributed by atoms with E-state index >= 15 is 0 Å². The number of piperidine rings is 1. The van der Waals surface area contributed by atoms with Crippen molar-refractivity contribution in [2.75, 3.05) is 11.4 Å². The Bertz CT molecular complexity index is 1040. The van der Waals surface area contributed by atoms with Crippen LogP contribution in [-0.2, 0) is 0 Å². The molecule has 2 aromatic rings. The summed E-state index contributed by atoms with van der Waals surface area (Å²) in [7, 11) is 0. The number of hydrogen-bond donors (Lipinski definition) is 0. The number of aryl methyl sites for hydroxylation is 1. The summed E-state index contributed by atoms with van der Waals surface area (Å²) in [5, 5.41) is 0. The average molecular weight is 402 g/mol. The third kappa shape index (κ3) is 2.95. The summed E-state index contributed by atoms with van der Waals surface area (Å²) in [6.45, 7) is 2.66. The van der Waals surface area contributed by atoms with E-state index in [0.29, 0.717) is 34.3 Å². The van der Waals surface area contributed by atoms with Crippen LogP contribution in [0.5, 0.6) is 0 Å². The predicted octanol–water partition coefficient (Wildman–Crippen LogP) is 4.59. The van der Waals surface area contributed by atoms with Gasteiger partial charge >= 0.3 is 0 Å². The summed E-state index contributed by atoms with van der Waals surface area (Å²) in [5.41, 5.74) is 2.66. The van der Waals surface area contributed by atoms with Crippen molar-refractivity contribution in [1.29, 1.82) is 0 Å². The van der Waals surface area contributed by atoms with E-state index in [1.807, 2.05) is 30.0 Å². The average Bonchev–Trinajstić information content (AvgIpc) is 3.03. The summed E-state index contributed by atoms with van der Waals surface area (Å²) >= 11 is 0. The van der Waals surface area contributed by atoms with Gasteiger partial charge in [0.25, 0.3) is 17.7 Å². The van der Waals surface area contributed by atoms with Crippen LogP contribution in [0.3, 0.4) is 0 Å². The molecular weight excluding hydrogens is 376 g/mol. The third-order valence-corrected chi connectivity index (χ3v) is 6.99. The van der Waals surface area contributed by atoms with Crippen LogP contribution in [0.15, 0.2) is 42.5 Å². The molecule has 30 heavy (non-hydrogen) atoms. The Morgan fingerprint density at radius 1 is 0.900 bits per heavy atom. The Labute approximate surface area is 176 Å². The molecule has 2 fully saturated rings. The molecule has 0 unspecified atom stereocenters. The monoisotopic (exact) mass is 402 g/mol. The molecule has 1 saturated carbocycles. The van der Waals surface area contributed by atoms with Gasteiger partial charge in [-0.15, -0.1) is 0 Å². The minimum atomic E-state index is -0.354. The molecule has 2 atom stereocenters. The standard InChI is InChI=1S/C25H26N2O3/c1-16-7-2-4-10-21(16)27-24(29)19-13-12-18(15-20(19)25(27)30)23(28)26-14-6-9-17-8-3-5-11-22(17)26/h2,4,7,10,12-13,15,17,22H,3,5-6,8-9,11,14H2,1H3/t17-,22+/m1/s1. The van der Waals surface area contributed by atoms with Crippen molar-refractivity contribution in [2.45, 2.75) is 51.5 Å². The molecule has 5 heteroatoms. The molecule has 3 amide bonds. The number of anilines is 1. The van der Waals surface area contributed by atoms with Gasteiger partial charge in [-0.1, -0.05) is 31.0 Å². The van der Waals surface area contributed by atoms with Crippen LogP contribution in [0.1, 0.15) is 75.2 Å². The number of para-hydroxylation sites is 1. The smallest absolute Gasteiger partial charge is 0.266 e. The first-order valence-corrected chi connectivity index (χ1v) is 11.0. The molecule has 2 aliphatic heterocycles. The first-order chi connectivity index (χ1) is 14.6. The molecule has 2 heterocycles. The van der Waals surface area contributed by atoms with Gasteiger partial charge < -0.3 is 4.90 Å². The van der Waals surface area contributed by atoms with Crippen molar-refractivity contribution in [3.05, 3.63) is 64.7 Å². The molecule has 5 rings (SSSR count). The van der Waals surface area contributed by atoms with Gasteiger partial charge in [0, 0.05) is 18.2 Å². The molecule has 0 N–H and O–H groups in total. The summed E-state index contributed by atoms with van der Waals surface area (Å²) in [4.78, 5) is 42.7. The van der Waals surface area contributed by atoms with E-state index in [9.17, 15) is 14.4 Å². The van der Waals surface area contributed by atoms with Gasteiger partial charge in [-0.25, -0.2) is 4.90 Å². The zero-order chi connectivity index (χ0) is 20.8. The fourth-order valence-electron chi connectivity index (χ4n) is 5.45. The van der Waals surface area contributed by atoms with Gasteiger partial charge in [0.1, 0.15) is 0 Å². The normalized spacial score (nSPS) is 23.4. The number of likely N-dealkylation sites (tertiary alicyclic amines) is 1. The highest BCUT2D eigenvalue weighted by atomic mass is 16.2. The Morgan fingerprint density at radius 3 is 2.47 bits per heavy atom. The Morgan fingerprint density at radius 2 is 1.63 bits per heavy atom. The van der Waals surface area contributed by atoms with E-state index in [2.05, 4.69) is 0 Å². The minimum absolute atomic E-state index is 0.0102. The molecule has 2 aromatic carbocycles. The van der Waals surface area contributed by atoms with Crippen LogP contribution in [0, 0.1) is 12.8 Å². The molecule has 0 spiro atoms. The zero-order valence-electron chi connectivity index (χ0n) is 17.3. The highest BCUT2D eigenvalue weighted by Gasteiger charge is 2.39. The Balaban J connectivity index is 1.46. The Hall–Kier alpha value is -2.95. The number of hydrogen-bond acceptors (Lipinski definition) is 3. The number of imide groups is 1. The van der Waals surface area contributed by atoms with E-state index in [1.54, 1.807) is 24.3 Å². The fourth-order valence-corrected chi connectivity index (χ4v) is 5.45. The van der Waals surface area contributed by atoms with Crippen molar-refractivity contribution < 1.29 is 14.4 Å². The van der Waals surface area contributed by atoms with E-state index < -0.39 is 0 Å². The minimum Gasteiger partial charge on any atom is -0.335 e. The van der Waals surface area contributed by atoms with Crippen LogP contribution in [0.4, 0.5) is 5.69 Å². The molecule has 5 nitrogen and oxygen atoms in total. The number of carbonyl (C=O) groups excluding carboxylic acids is 3. The number of fused-ring (bicyclic) bond motifs is 2. The second kappa shape index (κ2) is 7.38. The third-order valence-electron chi connectivity index (χ3n) is 6.99. The molecule has 1 aliphatic carbocycles. The molecule has 3 aliphatic rings. The van der Waals surface area contributed by atoms with Gasteiger partial charge in [-0.05, 0) is 68.4 Å². The molecule has 154 valence electrons. The maximum atomic E-state index is 13.4. The van der Waals surface area contributed by atoms with Crippen molar-refractivity contribution in [3.63, 3.8) is 0 Å². The van der Waals surface area contributed by atoms with Crippen molar-refractivity contribution in [2.24, 2.45) is 5.92 Å². The fraction of sp³-hybridized carbons (Fsp3) is 0.400. The van der Waals surface area contributed by atoms with Gasteiger partial charge in [0.2, 0.25) is 0 Å². The van der Waals surface area contributed by atoms with Crippen LogP contribution in [0.2, 0.25) is 0 Å². The van der Waals surface area contributed by atoms with Crippen molar-refractivity contribution in [1.82, 2.24) is 4.90 Å². The lowest BCUT2D eigenvalue weighted by Gasteiger charge is -2.44. The molecule has 1 saturated heterocycles. The summed E-state index contributed by atoms with van der Waals surface area (Å²) in [5.74, 6) is -0.0867. The highest BCUT2D eigenvalue weighted by molar-refractivity contribution is 6.35. The lowest BCUT2D eigenvalue weighted by Crippen LogP contribution is -2.49. The number of amides is 3. The molecular formula is C25H26N2O3. The largest absolute Gasteiger partial charge is 0.335 e. The first kappa shape index (κ1) is 19.0. The number of benzene rings is 2. The zero-order valence-corrected chi connectivity index (χ0v) is 17.3. The lowest BCUT2D eigenvalue weighted by molar-refractivity contribution is 0.0390. The van der Waals surface area contributed by atoms with E-state index in [1.165, 1.54) is 30.6 Å². The molecule has 0 bridgehead atoms. The number of nitrogens with zero attached hydrogens (tertiary/aromatic N) is 2. The predicted molar refractivity (Wildman–Crippen MR) is 115 cm³/mol. The summed E-state index contributed by atoms with van der Waals surface area (Å²) in [6.07, 6.45) is 6.95.